The van der Waals surface area contributed by atoms with Crippen LogP contribution < -0.4 is 10.3 Å². The topological polar surface area (TPSA) is 191 Å². The number of hydrazone groups is 1. The van der Waals surface area contributed by atoms with E-state index in [0.717, 1.165) is 39.3 Å². The largest absolute Gasteiger partial charge is 0.301 e. The number of non-ortho nitro benzene ring substituents is 2. The van der Waals surface area contributed by atoms with Gasteiger partial charge in [0.2, 0.25) is 11.8 Å². The minimum absolute atomic E-state index is 0.109. The number of benzene rings is 4. The van der Waals surface area contributed by atoms with Crippen LogP contribution in [0.25, 0.3) is 0 Å². The molecule has 4 aliphatic rings. The number of anilines is 2. The van der Waals surface area contributed by atoms with Gasteiger partial charge in [0.05, 0.1) is 43.8 Å². The summed E-state index contributed by atoms with van der Waals surface area (Å²) < 4.78 is 0. The summed E-state index contributed by atoms with van der Waals surface area (Å²) in [5.41, 5.74) is 3.36. The second-order valence-electron chi connectivity index (χ2n) is 10.9. The van der Waals surface area contributed by atoms with Crippen LogP contribution in [0.5, 0.6) is 0 Å². The summed E-state index contributed by atoms with van der Waals surface area (Å²) in [6.07, 6.45) is 1.48. The highest BCUT2D eigenvalue weighted by Crippen LogP contribution is 2.63. The normalized spacial score (nSPS) is 22.6. The lowest BCUT2D eigenvalue weighted by Gasteiger charge is -2.52. The maximum Gasteiger partial charge on any atom is 0.301 e. The van der Waals surface area contributed by atoms with Crippen LogP contribution in [0.15, 0.2) is 96.1 Å². The van der Waals surface area contributed by atoms with Crippen molar-refractivity contribution in [1.29, 1.82) is 0 Å². The molecule has 8 rings (SSSR count). The highest BCUT2D eigenvalue weighted by Gasteiger charge is 2.68. The third-order valence-corrected chi connectivity index (χ3v) is 8.84. The minimum Gasteiger partial charge on any atom is -0.274 e. The van der Waals surface area contributed by atoms with Crippen molar-refractivity contribution in [2.75, 3.05) is 10.3 Å². The molecule has 1 aliphatic heterocycles. The van der Waals surface area contributed by atoms with Crippen LogP contribution in [0.3, 0.4) is 0 Å². The van der Waals surface area contributed by atoms with E-state index < -0.39 is 61.1 Å². The van der Waals surface area contributed by atoms with Gasteiger partial charge in [-0.25, -0.2) is 4.90 Å². The summed E-state index contributed by atoms with van der Waals surface area (Å²) in [5, 5.41) is 38.6. The number of amides is 2. The average Bonchev–Trinajstić information content (AvgIpc) is 3.31. The summed E-state index contributed by atoms with van der Waals surface area (Å²) in [6.45, 7) is 0. The molecule has 0 radical (unpaired) electrons. The molecule has 222 valence electrons. The molecule has 2 bridgehead atoms. The molecule has 0 saturated carbocycles. The Labute approximate surface area is 253 Å². The number of rotatable bonds is 7. The van der Waals surface area contributed by atoms with E-state index in [9.17, 15) is 39.9 Å². The Hall–Kier alpha value is -6.31. The molecule has 1 fully saturated rings. The lowest BCUT2D eigenvalue weighted by molar-refractivity contribution is -0.393. The number of nitro benzene ring substituents is 3. The lowest BCUT2D eigenvalue weighted by atomic mass is 9.47. The van der Waals surface area contributed by atoms with Gasteiger partial charge in [-0.3, -0.25) is 45.4 Å². The van der Waals surface area contributed by atoms with Crippen LogP contribution in [-0.2, 0) is 15.0 Å². The fourth-order valence-electron chi connectivity index (χ4n) is 7.11. The number of nitrogens with zero attached hydrogens (tertiary/aromatic N) is 5. The first-order chi connectivity index (χ1) is 21.6. The summed E-state index contributed by atoms with van der Waals surface area (Å²) in [7, 11) is 0. The molecule has 3 aliphatic carbocycles. The van der Waals surface area contributed by atoms with Crippen molar-refractivity contribution in [2.24, 2.45) is 16.9 Å². The molecule has 1 saturated heterocycles. The molecule has 0 spiro atoms. The fraction of sp³-hybridized carbons (Fsp3) is 0.129. The van der Waals surface area contributed by atoms with Gasteiger partial charge in [0.25, 0.3) is 11.4 Å². The van der Waals surface area contributed by atoms with Crippen molar-refractivity contribution in [3.05, 3.63) is 144 Å². The lowest BCUT2D eigenvalue weighted by Crippen LogP contribution is -2.54. The van der Waals surface area contributed by atoms with Crippen molar-refractivity contribution in [3.8, 4) is 0 Å². The molecule has 45 heavy (non-hydrogen) atoms. The zero-order valence-electron chi connectivity index (χ0n) is 23.0. The van der Waals surface area contributed by atoms with E-state index in [1.807, 2.05) is 48.5 Å². The molecule has 1 N–H and O–H groups in total. The predicted molar refractivity (Wildman–Crippen MR) is 160 cm³/mol. The third kappa shape index (κ3) is 3.85. The molecular weight excluding hydrogens is 584 g/mol. The Morgan fingerprint density at radius 2 is 1.31 bits per heavy atom. The molecule has 2 amide bonds. The van der Waals surface area contributed by atoms with E-state index >= 15 is 0 Å². The van der Waals surface area contributed by atoms with Crippen molar-refractivity contribution in [1.82, 2.24) is 0 Å². The number of carbonyl (C=O) groups excluding carboxylic acids is 2. The van der Waals surface area contributed by atoms with Gasteiger partial charge >= 0.3 is 5.69 Å². The summed E-state index contributed by atoms with van der Waals surface area (Å²) in [6, 6.07) is 23.1. The van der Waals surface area contributed by atoms with Gasteiger partial charge in [0.15, 0.2) is 0 Å². The van der Waals surface area contributed by atoms with Crippen LogP contribution in [0, 0.1) is 42.2 Å². The van der Waals surface area contributed by atoms with Crippen molar-refractivity contribution >= 4 is 46.5 Å². The number of hydrogen-bond donors (Lipinski definition) is 1. The van der Waals surface area contributed by atoms with Gasteiger partial charge in [-0.15, -0.1) is 0 Å². The molecule has 0 unspecified atom stereocenters. The van der Waals surface area contributed by atoms with Crippen molar-refractivity contribution in [3.63, 3.8) is 0 Å². The van der Waals surface area contributed by atoms with Crippen molar-refractivity contribution < 1.29 is 24.4 Å². The Kier molecular flexibility index (Phi) is 6.04. The number of hydrogen-bond acceptors (Lipinski definition) is 10. The van der Waals surface area contributed by atoms with E-state index in [2.05, 4.69) is 10.5 Å². The van der Waals surface area contributed by atoms with Crippen LogP contribution in [0.1, 0.15) is 28.2 Å². The SMILES string of the molecule is O=C1[C@@H]2[C@@H](C(=O)N1c1ccc([N+](=O)[O-])cc1)C1c3ccccc3C2(/C=N\Nc2ccc([N+](=O)[O-])cc2[N+](=O)[O-])c2ccccc21. The van der Waals surface area contributed by atoms with Gasteiger partial charge in [-0.05, 0) is 40.5 Å². The van der Waals surface area contributed by atoms with E-state index in [0.29, 0.717) is 0 Å². The average molecular weight is 605 g/mol. The third-order valence-electron chi connectivity index (χ3n) is 8.84. The first kappa shape index (κ1) is 27.5. The van der Waals surface area contributed by atoms with E-state index in [4.69, 9.17) is 0 Å². The zero-order chi connectivity index (χ0) is 31.6. The number of imide groups is 1. The summed E-state index contributed by atoms with van der Waals surface area (Å²) in [4.78, 5) is 61.8. The second-order valence-corrected chi connectivity index (χ2v) is 10.9. The molecule has 2 atom stereocenters. The summed E-state index contributed by atoms with van der Waals surface area (Å²) in [5.74, 6) is -3.23. The highest BCUT2D eigenvalue weighted by atomic mass is 16.6. The quantitative estimate of drug-likeness (QED) is 0.130. The fourth-order valence-corrected chi connectivity index (χ4v) is 7.11. The van der Waals surface area contributed by atoms with Crippen LogP contribution in [0.2, 0.25) is 0 Å². The standard InChI is InChI=1S/C31H20N6O8/c38-29-27-26-20-5-1-3-7-22(20)31(23-8-4-2-6-21(23)26,16-32-33-24-14-13-19(36(42)43)15-25(24)37(44)45)28(27)30(39)34(29)17-9-11-18(12-10-17)35(40)41/h1-16,26-28,33H/b32-16-/t26?,27-,28-,31?/m0/s1. The first-order valence-corrected chi connectivity index (χ1v) is 13.7. The molecule has 14 nitrogen and oxygen atoms in total. The highest BCUT2D eigenvalue weighted by molar-refractivity contribution is 6.25. The summed E-state index contributed by atoms with van der Waals surface area (Å²) >= 11 is 0. The Morgan fingerprint density at radius 3 is 1.89 bits per heavy atom. The monoisotopic (exact) mass is 604 g/mol. The van der Waals surface area contributed by atoms with Gasteiger partial charge in [-0.1, -0.05) is 48.5 Å². The molecular formula is C31H20N6O8. The van der Waals surface area contributed by atoms with Crippen LogP contribution in [0.4, 0.5) is 28.4 Å². The van der Waals surface area contributed by atoms with E-state index in [1.54, 1.807) is 0 Å². The number of nitrogens with one attached hydrogen (secondary N) is 1. The molecule has 1 heterocycles. The van der Waals surface area contributed by atoms with E-state index in [1.165, 1.54) is 36.5 Å². The molecule has 4 aromatic rings. The zero-order valence-corrected chi connectivity index (χ0v) is 23.0. The van der Waals surface area contributed by atoms with Gasteiger partial charge in [0, 0.05) is 30.3 Å². The van der Waals surface area contributed by atoms with Crippen LogP contribution >= 0.6 is 0 Å². The maximum atomic E-state index is 14.4. The van der Waals surface area contributed by atoms with Crippen molar-refractivity contribution in [2.45, 2.75) is 11.3 Å². The smallest absolute Gasteiger partial charge is 0.274 e. The minimum atomic E-state index is -1.29. The second kappa shape index (κ2) is 9.87. The first-order valence-electron chi connectivity index (χ1n) is 13.7. The number of nitro groups is 3. The molecule has 4 aromatic carbocycles. The van der Waals surface area contributed by atoms with E-state index in [-0.39, 0.29) is 17.1 Å². The molecule has 0 aromatic heterocycles. The Balaban J connectivity index is 1.39. The molecule has 14 heteroatoms. The Morgan fingerprint density at radius 1 is 0.733 bits per heavy atom. The van der Waals surface area contributed by atoms with Crippen LogP contribution in [-0.4, -0.2) is 32.8 Å². The van der Waals surface area contributed by atoms with Gasteiger partial charge in [-0.2, -0.15) is 5.10 Å². The maximum absolute atomic E-state index is 14.4. The predicted octanol–water partition coefficient (Wildman–Crippen LogP) is 5.06. The number of carbonyl (C=O) groups is 2. The van der Waals surface area contributed by atoms with Gasteiger partial charge in [0.1, 0.15) is 5.69 Å². The van der Waals surface area contributed by atoms with Gasteiger partial charge < -0.3 is 0 Å². The Bertz CT molecular complexity index is 1960.